The van der Waals surface area contributed by atoms with Gasteiger partial charge in [0.05, 0.1) is 17.9 Å². The normalized spacial score (nSPS) is 22.4. The van der Waals surface area contributed by atoms with Gasteiger partial charge in [0, 0.05) is 19.3 Å². The molecular formula is C12H19N3O3S. The van der Waals surface area contributed by atoms with Gasteiger partial charge in [0.1, 0.15) is 6.04 Å². The molecule has 6 nitrogen and oxygen atoms in total. The molecule has 0 aromatic rings. The number of carboxylic acids is 1. The SMILES string of the molecule is CC(C)C1SCC(C(=O)O)N1C(=O)N(C)CCC#N. The summed E-state index contributed by atoms with van der Waals surface area (Å²) in [5, 5.41) is 17.6. The number of carboxylic acid groups (broad SMARTS) is 1. The average molecular weight is 285 g/mol. The number of carbonyl (C=O) groups is 2. The van der Waals surface area contributed by atoms with E-state index in [1.807, 2.05) is 19.9 Å². The second-order valence-electron chi connectivity index (χ2n) is 4.84. The van der Waals surface area contributed by atoms with Crippen LogP contribution in [0.5, 0.6) is 0 Å². The number of aliphatic carboxylic acids is 1. The summed E-state index contributed by atoms with van der Waals surface area (Å²) in [4.78, 5) is 26.4. The number of nitrogens with zero attached hydrogens (tertiary/aromatic N) is 3. The Labute approximate surface area is 117 Å². The molecule has 1 aliphatic heterocycles. The molecule has 2 unspecified atom stereocenters. The predicted molar refractivity (Wildman–Crippen MR) is 72.6 cm³/mol. The second-order valence-corrected chi connectivity index (χ2v) is 5.99. The molecule has 7 heteroatoms. The summed E-state index contributed by atoms with van der Waals surface area (Å²) in [7, 11) is 1.60. The van der Waals surface area contributed by atoms with Crippen LogP contribution in [0.1, 0.15) is 20.3 Å². The molecule has 1 heterocycles. The first-order chi connectivity index (χ1) is 8.90. The molecule has 0 saturated carbocycles. The van der Waals surface area contributed by atoms with Crippen molar-refractivity contribution in [2.24, 2.45) is 5.92 Å². The number of urea groups is 1. The first-order valence-electron chi connectivity index (χ1n) is 6.15. The minimum Gasteiger partial charge on any atom is -0.480 e. The molecule has 0 spiro atoms. The molecule has 1 N–H and O–H groups in total. The van der Waals surface area contributed by atoms with E-state index in [9.17, 15) is 14.7 Å². The van der Waals surface area contributed by atoms with Crippen molar-refractivity contribution >= 4 is 23.8 Å². The smallest absolute Gasteiger partial charge is 0.327 e. The van der Waals surface area contributed by atoms with E-state index in [0.29, 0.717) is 12.3 Å². The maximum atomic E-state index is 12.3. The van der Waals surface area contributed by atoms with Crippen molar-refractivity contribution in [3.05, 3.63) is 0 Å². The van der Waals surface area contributed by atoms with Gasteiger partial charge in [-0.1, -0.05) is 13.8 Å². The number of carbonyl (C=O) groups excluding carboxylic acids is 1. The Morgan fingerprint density at radius 1 is 1.58 bits per heavy atom. The largest absolute Gasteiger partial charge is 0.480 e. The fourth-order valence-electron chi connectivity index (χ4n) is 1.98. The fourth-order valence-corrected chi connectivity index (χ4v) is 3.45. The van der Waals surface area contributed by atoms with Crippen LogP contribution in [0.2, 0.25) is 0 Å². The van der Waals surface area contributed by atoms with Crippen molar-refractivity contribution in [2.75, 3.05) is 19.3 Å². The molecule has 1 rings (SSSR count). The van der Waals surface area contributed by atoms with Crippen LogP contribution in [0.15, 0.2) is 0 Å². The Balaban J connectivity index is 2.86. The van der Waals surface area contributed by atoms with Crippen molar-refractivity contribution in [1.82, 2.24) is 9.80 Å². The topological polar surface area (TPSA) is 84.6 Å². The Morgan fingerprint density at radius 3 is 2.68 bits per heavy atom. The van der Waals surface area contributed by atoms with Crippen molar-refractivity contribution in [1.29, 1.82) is 5.26 Å². The molecular weight excluding hydrogens is 266 g/mol. The molecule has 2 atom stereocenters. The Morgan fingerprint density at radius 2 is 2.21 bits per heavy atom. The number of amides is 2. The molecule has 1 fully saturated rings. The van der Waals surface area contributed by atoms with Crippen LogP contribution in [0.3, 0.4) is 0 Å². The average Bonchev–Trinajstić information content (AvgIpc) is 2.79. The summed E-state index contributed by atoms with van der Waals surface area (Å²) in [5.41, 5.74) is 0. The van der Waals surface area contributed by atoms with E-state index >= 15 is 0 Å². The monoisotopic (exact) mass is 285 g/mol. The van der Waals surface area contributed by atoms with E-state index in [-0.39, 0.29) is 23.7 Å². The molecule has 19 heavy (non-hydrogen) atoms. The number of hydrogen-bond acceptors (Lipinski definition) is 4. The van der Waals surface area contributed by atoms with Crippen molar-refractivity contribution < 1.29 is 14.7 Å². The second kappa shape index (κ2) is 6.66. The molecule has 0 aromatic heterocycles. The first-order valence-corrected chi connectivity index (χ1v) is 7.19. The van der Waals surface area contributed by atoms with Gasteiger partial charge in [0.25, 0.3) is 0 Å². The molecule has 106 valence electrons. The summed E-state index contributed by atoms with van der Waals surface area (Å²) in [6.07, 6.45) is 0.243. The summed E-state index contributed by atoms with van der Waals surface area (Å²) in [6.45, 7) is 4.25. The molecule has 0 bridgehead atoms. The Hall–Kier alpha value is -1.42. The highest BCUT2D eigenvalue weighted by atomic mass is 32.2. The number of nitriles is 1. The highest BCUT2D eigenvalue weighted by molar-refractivity contribution is 8.00. The lowest BCUT2D eigenvalue weighted by atomic mass is 10.1. The maximum Gasteiger partial charge on any atom is 0.327 e. The fraction of sp³-hybridized carbons (Fsp3) is 0.750. The minimum atomic E-state index is -0.974. The van der Waals surface area contributed by atoms with Gasteiger partial charge in [0.2, 0.25) is 0 Å². The van der Waals surface area contributed by atoms with E-state index < -0.39 is 12.0 Å². The van der Waals surface area contributed by atoms with Gasteiger partial charge in [-0.3, -0.25) is 4.90 Å². The van der Waals surface area contributed by atoms with Crippen LogP contribution in [-0.4, -0.2) is 57.7 Å². The van der Waals surface area contributed by atoms with Crippen LogP contribution in [0, 0.1) is 17.2 Å². The highest BCUT2D eigenvalue weighted by Crippen LogP contribution is 2.34. The lowest BCUT2D eigenvalue weighted by Crippen LogP contribution is -2.51. The van der Waals surface area contributed by atoms with Crippen molar-refractivity contribution in [2.45, 2.75) is 31.7 Å². The third-order valence-electron chi connectivity index (χ3n) is 3.00. The van der Waals surface area contributed by atoms with Crippen LogP contribution in [0.25, 0.3) is 0 Å². The molecule has 2 amide bonds. The molecule has 0 aromatic carbocycles. The van der Waals surface area contributed by atoms with Crippen LogP contribution in [0.4, 0.5) is 4.79 Å². The number of rotatable bonds is 4. The van der Waals surface area contributed by atoms with E-state index in [1.54, 1.807) is 7.05 Å². The van der Waals surface area contributed by atoms with Gasteiger partial charge >= 0.3 is 12.0 Å². The lowest BCUT2D eigenvalue weighted by molar-refractivity contribution is -0.141. The van der Waals surface area contributed by atoms with Crippen LogP contribution < -0.4 is 0 Å². The molecule has 1 saturated heterocycles. The first kappa shape index (κ1) is 15.6. The molecule has 1 aliphatic rings. The zero-order valence-corrected chi connectivity index (χ0v) is 12.2. The van der Waals surface area contributed by atoms with Crippen LogP contribution in [-0.2, 0) is 4.79 Å². The summed E-state index contributed by atoms with van der Waals surface area (Å²) < 4.78 is 0. The third-order valence-corrected chi connectivity index (χ3v) is 4.62. The van der Waals surface area contributed by atoms with E-state index in [0.717, 1.165) is 0 Å². The van der Waals surface area contributed by atoms with Gasteiger partial charge in [-0.2, -0.15) is 5.26 Å². The summed E-state index contributed by atoms with van der Waals surface area (Å²) in [5.74, 6) is -0.379. The lowest BCUT2D eigenvalue weighted by Gasteiger charge is -2.33. The molecule has 0 radical (unpaired) electrons. The van der Waals surface area contributed by atoms with Gasteiger partial charge in [-0.15, -0.1) is 11.8 Å². The maximum absolute atomic E-state index is 12.3. The Bertz CT molecular complexity index is 394. The number of hydrogen-bond donors (Lipinski definition) is 1. The zero-order chi connectivity index (χ0) is 14.6. The summed E-state index contributed by atoms with van der Waals surface area (Å²) >= 11 is 1.50. The zero-order valence-electron chi connectivity index (χ0n) is 11.4. The minimum absolute atomic E-state index is 0.127. The predicted octanol–water partition coefficient (Wildman–Crippen LogP) is 1.44. The van der Waals surface area contributed by atoms with E-state index in [2.05, 4.69) is 0 Å². The van der Waals surface area contributed by atoms with Crippen molar-refractivity contribution in [3.63, 3.8) is 0 Å². The summed E-state index contributed by atoms with van der Waals surface area (Å²) in [6, 6.07) is 0.882. The standard InChI is InChI=1S/C12H19N3O3S/c1-8(2)10-15(9(7-19-10)11(16)17)12(18)14(3)6-4-5-13/h8-10H,4,6-7H2,1-3H3,(H,16,17). The van der Waals surface area contributed by atoms with Gasteiger partial charge < -0.3 is 10.0 Å². The molecule has 0 aliphatic carbocycles. The van der Waals surface area contributed by atoms with Gasteiger partial charge in [0.15, 0.2) is 0 Å². The highest BCUT2D eigenvalue weighted by Gasteiger charge is 2.43. The van der Waals surface area contributed by atoms with Gasteiger partial charge in [-0.25, -0.2) is 9.59 Å². The Kier molecular flexibility index (Phi) is 5.48. The third kappa shape index (κ3) is 3.53. The van der Waals surface area contributed by atoms with E-state index in [4.69, 9.17) is 5.26 Å². The van der Waals surface area contributed by atoms with E-state index in [1.165, 1.54) is 21.6 Å². The van der Waals surface area contributed by atoms with Crippen molar-refractivity contribution in [3.8, 4) is 6.07 Å². The van der Waals surface area contributed by atoms with Crippen LogP contribution >= 0.6 is 11.8 Å². The number of thioether (sulfide) groups is 1. The van der Waals surface area contributed by atoms with Gasteiger partial charge in [-0.05, 0) is 5.92 Å². The quantitative estimate of drug-likeness (QED) is 0.844.